The van der Waals surface area contributed by atoms with Crippen molar-refractivity contribution in [1.29, 1.82) is 0 Å². The van der Waals surface area contributed by atoms with E-state index in [1.807, 2.05) is 12.1 Å². The number of anilines is 2. The highest BCUT2D eigenvalue weighted by molar-refractivity contribution is 6.31. The number of hydrogen-bond acceptors (Lipinski definition) is 7. The lowest BCUT2D eigenvalue weighted by Gasteiger charge is -2.28. The van der Waals surface area contributed by atoms with E-state index in [2.05, 4.69) is 25.8 Å². The zero-order valence-electron chi connectivity index (χ0n) is 20.8. The van der Waals surface area contributed by atoms with Gasteiger partial charge in [0.25, 0.3) is 11.8 Å². The minimum absolute atomic E-state index is 0.137. The van der Waals surface area contributed by atoms with Gasteiger partial charge in [0, 0.05) is 41.5 Å². The molecule has 0 fully saturated rings. The van der Waals surface area contributed by atoms with Crippen LogP contribution in [0.2, 0.25) is 5.02 Å². The first-order valence-electron chi connectivity index (χ1n) is 12.0. The number of nitrogens with one attached hydrogen (secondary N) is 2. The Kier molecular flexibility index (Phi) is 7.46. The second-order valence-corrected chi connectivity index (χ2v) is 9.20. The molecule has 3 heterocycles. The third-order valence-corrected chi connectivity index (χ3v) is 6.43. The van der Waals surface area contributed by atoms with Crippen LogP contribution in [0.15, 0.2) is 79.0 Å². The van der Waals surface area contributed by atoms with Crippen LogP contribution in [-0.4, -0.2) is 51.0 Å². The van der Waals surface area contributed by atoms with Crippen molar-refractivity contribution in [3.8, 4) is 5.88 Å². The second kappa shape index (κ2) is 11.3. The number of methoxy groups -OCH3 is 1. The fourth-order valence-electron chi connectivity index (χ4n) is 4.20. The number of carbonyl (C=O) groups excluding carboxylic acids is 3. The molecule has 2 aromatic heterocycles. The first kappa shape index (κ1) is 25.8. The van der Waals surface area contributed by atoms with Crippen LogP contribution >= 0.6 is 11.6 Å². The van der Waals surface area contributed by atoms with E-state index in [0.717, 1.165) is 5.56 Å². The Balaban J connectivity index is 1.39. The normalized spacial score (nSPS) is 14.7. The van der Waals surface area contributed by atoms with Crippen LogP contribution in [0.5, 0.6) is 5.88 Å². The van der Waals surface area contributed by atoms with Crippen molar-refractivity contribution in [2.75, 3.05) is 17.7 Å². The molecule has 11 heteroatoms. The monoisotopic (exact) mass is 542 g/mol. The van der Waals surface area contributed by atoms with Crippen molar-refractivity contribution in [3.05, 3.63) is 106 Å². The average molecular weight is 543 g/mol. The van der Waals surface area contributed by atoms with Gasteiger partial charge in [-0.3, -0.25) is 19.4 Å². The zero-order valence-corrected chi connectivity index (χ0v) is 21.6. The van der Waals surface area contributed by atoms with Crippen LogP contribution in [-0.2, 0) is 17.8 Å². The lowest BCUT2D eigenvalue weighted by molar-refractivity contribution is -0.120. The summed E-state index contributed by atoms with van der Waals surface area (Å²) >= 11 is 6.13. The number of ether oxygens (including phenoxy) is 1. The molecule has 1 aliphatic heterocycles. The highest BCUT2D eigenvalue weighted by Crippen LogP contribution is 2.28. The minimum Gasteiger partial charge on any atom is -0.480 e. The quantitative estimate of drug-likeness (QED) is 0.361. The Hall–Kier alpha value is -4.83. The number of fused-ring (bicyclic) bond motifs is 1. The Labute approximate surface area is 229 Å². The van der Waals surface area contributed by atoms with E-state index < -0.39 is 6.04 Å². The zero-order chi connectivity index (χ0) is 27.4. The van der Waals surface area contributed by atoms with Crippen LogP contribution < -0.4 is 15.4 Å². The Morgan fingerprint density at radius 3 is 2.56 bits per heavy atom. The molecule has 2 aromatic carbocycles. The van der Waals surface area contributed by atoms with Crippen molar-refractivity contribution in [2.24, 2.45) is 0 Å². The van der Waals surface area contributed by atoms with Gasteiger partial charge in [0.05, 0.1) is 18.4 Å². The average Bonchev–Trinajstić information content (AvgIpc) is 3.04. The molecule has 0 spiro atoms. The second-order valence-electron chi connectivity index (χ2n) is 8.77. The van der Waals surface area contributed by atoms with E-state index in [1.54, 1.807) is 66.9 Å². The van der Waals surface area contributed by atoms with Crippen LogP contribution in [0.25, 0.3) is 0 Å². The summed E-state index contributed by atoms with van der Waals surface area (Å²) in [6.07, 6.45) is 1.87. The van der Waals surface area contributed by atoms with E-state index in [1.165, 1.54) is 12.0 Å². The van der Waals surface area contributed by atoms with Gasteiger partial charge in [0.2, 0.25) is 11.8 Å². The predicted octanol–water partition coefficient (Wildman–Crippen LogP) is 3.99. The summed E-state index contributed by atoms with van der Waals surface area (Å²) < 4.78 is 4.97. The number of benzene rings is 2. The summed E-state index contributed by atoms with van der Waals surface area (Å²) in [7, 11) is 1.48. The van der Waals surface area contributed by atoms with Crippen molar-refractivity contribution in [1.82, 2.24) is 20.1 Å². The molecule has 10 nitrogen and oxygen atoms in total. The standard InChI is InChI=1S/C28H23ClN6O4/c1-39-25-12-11-24(33-34-25)32-26(36)18-7-5-17(6-8-18)16-35-23(15-20-4-2-3-13-30-20)27(37)31-22-14-19(29)9-10-21(22)28(35)38/h2-14,23H,15-16H2,1H3,(H,31,37)(H,32,33,36)/t23-/m1/s1. The summed E-state index contributed by atoms with van der Waals surface area (Å²) in [5.74, 6) is -0.416. The summed E-state index contributed by atoms with van der Waals surface area (Å²) in [4.78, 5) is 45.6. The van der Waals surface area contributed by atoms with Gasteiger partial charge < -0.3 is 20.3 Å². The smallest absolute Gasteiger partial charge is 0.256 e. The highest BCUT2D eigenvalue weighted by Gasteiger charge is 2.36. The molecule has 0 aliphatic carbocycles. The maximum absolute atomic E-state index is 13.7. The number of amides is 3. The topological polar surface area (TPSA) is 126 Å². The van der Waals surface area contributed by atoms with Gasteiger partial charge in [0.1, 0.15) is 6.04 Å². The van der Waals surface area contributed by atoms with E-state index in [4.69, 9.17) is 16.3 Å². The van der Waals surface area contributed by atoms with Gasteiger partial charge in [-0.15, -0.1) is 10.2 Å². The van der Waals surface area contributed by atoms with Gasteiger partial charge in [-0.05, 0) is 54.1 Å². The number of halogens is 1. The fraction of sp³-hybridized carbons (Fsp3) is 0.143. The summed E-state index contributed by atoms with van der Waals surface area (Å²) in [5.41, 5.74) is 2.50. The fourth-order valence-corrected chi connectivity index (χ4v) is 4.38. The molecule has 196 valence electrons. The van der Waals surface area contributed by atoms with Gasteiger partial charge in [-0.2, -0.15) is 0 Å². The molecule has 2 N–H and O–H groups in total. The summed E-state index contributed by atoms with van der Waals surface area (Å²) in [6, 6.07) is 19.3. The van der Waals surface area contributed by atoms with E-state index in [-0.39, 0.29) is 36.5 Å². The van der Waals surface area contributed by atoms with Gasteiger partial charge in [-0.1, -0.05) is 29.8 Å². The SMILES string of the molecule is COc1ccc(NC(=O)c2ccc(CN3C(=O)c4ccc(Cl)cc4NC(=O)[C@H]3Cc3ccccn3)cc2)nn1. The van der Waals surface area contributed by atoms with Crippen molar-refractivity contribution in [3.63, 3.8) is 0 Å². The van der Waals surface area contributed by atoms with Crippen molar-refractivity contribution < 1.29 is 19.1 Å². The van der Waals surface area contributed by atoms with Crippen LogP contribution in [0.1, 0.15) is 32.0 Å². The van der Waals surface area contributed by atoms with Gasteiger partial charge >= 0.3 is 0 Å². The summed E-state index contributed by atoms with van der Waals surface area (Å²) in [6.45, 7) is 0.137. The lowest BCUT2D eigenvalue weighted by Crippen LogP contribution is -2.46. The van der Waals surface area contributed by atoms with Crippen LogP contribution in [0.3, 0.4) is 0 Å². The minimum atomic E-state index is -0.824. The van der Waals surface area contributed by atoms with Gasteiger partial charge in [0.15, 0.2) is 5.82 Å². The number of carbonyl (C=O) groups is 3. The Bertz CT molecular complexity index is 1510. The molecular formula is C28H23ClN6O4. The molecule has 3 amide bonds. The molecule has 0 saturated carbocycles. The molecule has 39 heavy (non-hydrogen) atoms. The lowest BCUT2D eigenvalue weighted by atomic mass is 10.0. The molecule has 0 saturated heterocycles. The number of rotatable bonds is 7. The van der Waals surface area contributed by atoms with E-state index in [0.29, 0.717) is 33.4 Å². The number of nitrogens with zero attached hydrogens (tertiary/aromatic N) is 4. The highest BCUT2D eigenvalue weighted by atomic mass is 35.5. The third-order valence-electron chi connectivity index (χ3n) is 6.20. The largest absolute Gasteiger partial charge is 0.480 e. The number of hydrogen-bond donors (Lipinski definition) is 2. The summed E-state index contributed by atoms with van der Waals surface area (Å²) in [5, 5.41) is 13.7. The van der Waals surface area contributed by atoms with Gasteiger partial charge in [-0.25, -0.2) is 0 Å². The Morgan fingerprint density at radius 2 is 1.87 bits per heavy atom. The van der Waals surface area contributed by atoms with E-state index in [9.17, 15) is 14.4 Å². The molecule has 1 aliphatic rings. The number of aromatic nitrogens is 3. The predicted molar refractivity (Wildman–Crippen MR) is 145 cm³/mol. The van der Waals surface area contributed by atoms with Crippen molar-refractivity contribution >= 4 is 40.8 Å². The molecule has 0 bridgehead atoms. The molecule has 5 rings (SSSR count). The first-order valence-corrected chi connectivity index (χ1v) is 12.4. The van der Waals surface area contributed by atoms with Crippen molar-refractivity contribution in [2.45, 2.75) is 19.0 Å². The van der Waals surface area contributed by atoms with Crippen LogP contribution in [0, 0.1) is 0 Å². The maximum Gasteiger partial charge on any atom is 0.256 e. The first-order chi connectivity index (χ1) is 18.9. The maximum atomic E-state index is 13.7. The Morgan fingerprint density at radius 1 is 1.05 bits per heavy atom. The molecule has 0 radical (unpaired) electrons. The molecule has 1 atom stereocenters. The van der Waals surface area contributed by atoms with Crippen LogP contribution in [0.4, 0.5) is 11.5 Å². The molecule has 0 unspecified atom stereocenters. The third kappa shape index (κ3) is 5.86. The molecular weight excluding hydrogens is 520 g/mol. The number of pyridine rings is 1. The molecule has 4 aromatic rings. The van der Waals surface area contributed by atoms with E-state index >= 15 is 0 Å².